The fraction of sp³-hybridized carbons (Fsp3) is 0.333. The normalized spacial score (nSPS) is 14.4. The van der Waals surface area contributed by atoms with Crippen molar-refractivity contribution in [3.8, 4) is 0 Å². The Balaban J connectivity index is 2.29. The molecule has 0 aliphatic rings. The molecular formula is C12H13F2N3O. The first-order valence-corrected chi connectivity index (χ1v) is 5.53. The van der Waals surface area contributed by atoms with E-state index >= 15 is 0 Å². The molecule has 0 fully saturated rings. The van der Waals surface area contributed by atoms with Gasteiger partial charge in [-0.1, -0.05) is 6.07 Å². The van der Waals surface area contributed by atoms with Gasteiger partial charge in [-0.15, -0.1) is 0 Å². The van der Waals surface area contributed by atoms with Crippen molar-refractivity contribution < 1.29 is 13.9 Å². The molecule has 1 unspecified atom stereocenters. The van der Waals surface area contributed by atoms with Crippen molar-refractivity contribution in [1.82, 2.24) is 14.8 Å². The Morgan fingerprint density at radius 3 is 2.72 bits per heavy atom. The summed E-state index contributed by atoms with van der Waals surface area (Å²) >= 11 is 0. The molecule has 2 atom stereocenters. The summed E-state index contributed by atoms with van der Waals surface area (Å²) in [4.78, 5) is 3.78. The molecule has 2 aromatic rings. The van der Waals surface area contributed by atoms with E-state index < -0.39 is 23.7 Å². The summed E-state index contributed by atoms with van der Waals surface area (Å²) < 4.78 is 28.1. The van der Waals surface area contributed by atoms with Gasteiger partial charge < -0.3 is 5.11 Å². The third-order valence-corrected chi connectivity index (χ3v) is 2.79. The average Bonchev–Trinajstić information content (AvgIpc) is 2.79. The van der Waals surface area contributed by atoms with Crippen LogP contribution in [0.2, 0.25) is 0 Å². The topological polar surface area (TPSA) is 50.9 Å². The minimum atomic E-state index is -0.783. The van der Waals surface area contributed by atoms with Gasteiger partial charge in [0.2, 0.25) is 0 Å². The Morgan fingerprint density at radius 1 is 1.39 bits per heavy atom. The molecule has 96 valence electrons. The lowest BCUT2D eigenvalue weighted by molar-refractivity contribution is 0.149. The van der Waals surface area contributed by atoms with Crippen LogP contribution in [0, 0.1) is 11.6 Å². The number of aliphatic hydroxyl groups excluding tert-OH is 1. The third-order valence-electron chi connectivity index (χ3n) is 2.79. The number of aliphatic hydroxyl groups is 1. The van der Waals surface area contributed by atoms with E-state index in [4.69, 9.17) is 0 Å². The van der Waals surface area contributed by atoms with Gasteiger partial charge in [0, 0.05) is 12.0 Å². The van der Waals surface area contributed by atoms with Crippen LogP contribution in [0.1, 0.15) is 18.4 Å². The van der Waals surface area contributed by atoms with Crippen molar-refractivity contribution in [3.63, 3.8) is 0 Å². The number of halogens is 2. The quantitative estimate of drug-likeness (QED) is 0.902. The zero-order valence-electron chi connectivity index (χ0n) is 9.79. The van der Waals surface area contributed by atoms with Gasteiger partial charge in [-0.05, 0) is 18.6 Å². The Hall–Kier alpha value is -1.82. The largest absolute Gasteiger partial charge is 0.393 e. The van der Waals surface area contributed by atoms with Crippen molar-refractivity contribution in [2.45, 2.75) is 25.5 Å². The number of benzene rings is 1. The molecule has 1 N–H and O–H groups in total. The second kappa shape index (κ2) is 5.22. The molecule has 1 aromatic heterocycles. The number of rotatable bonds is 4. The highest BCUT2D eigenvalue weighted by Gasteiger charge is 2.22. The average molecular weight is 253 g/mol. The van der Waals surface area contributed by atoms with E-state index in [1.54, 1.807) is 6.92 Å². The van der Waals surface area contributed by atoms with Crippen LogP contribution < -0.4 is 0 Å². The second-order valence-corrected chi connectivity index (χ2v) is 4.13. The molecule has 0 radical (unpaired) electrons. The summed E-state index contributed by atoms with van der Waals surface area (Å²) in [6.07, 6.45) is 2.06. The minimum Gasteiger partial charge on any atom is -0.393 e. The predicted molar refractivity (Wildman–Crippen MR) is 60.8 cm³/mol. The van der Waals surface area contributed by atoms with E-state index in [0.717, 1.165) is 6.07 Å². The fourth-order valence-electron chi connectivity index (χ4n) is 1.84. The summed E-state index contributed by atoms with van der Waals surface area (Å²) in [6, 6.07) is 3.33. The van der Waals surface area contributed by atoms with Crippen LogP contribution in [-0.2, 0) is 6.54 Å². The maximum atomic E-state index is 13.7. The van der Waals surface area contributed by atoms with Crippen LogP contribution >= 0.6 is 0 Å². The SMILES string of the molecule is C[C@@H](O)C(Cn1cncn1)c1ccc(F)cc1F. The van der Waals surface area contributed by atoms with E-state index in [-0.39, 0.29) is 12.1 Å². The van der Waals surface area contributed by atoms with E-state index in [2.05, 4.69) is 10.1 Å². The summed E-state index contributed by atoms with van der Waals surface area (Å²) in [5, 5.41) is 13.6. The standard InChI is InChI=1S/C12H13F2N3O/c1-8(18)11(5-17-7-15-6-16-17)10-3-2-9(13)4-12(10)14/h2-4,6-8,11,18H,5H2,1H3/t8-,11?/m1/s1. The third kappa shape index (κ3) is 2.70. The first-order chi connectivity index (χ1) is 8.58. The monoisotopic (exact) mass is 253 g/mol. The molecule has 6 heteroatoms. The number of aromatic nitrogens is 3. The molecule has 0 saturated carbocycles. The lowest BCUT2D eigenvalue weighted by Crippen LogP contribution is -2.22. The van der Waals surface area contributed by atoms with Gasteiger partial charge in [0.15, 0.2) is 0 Å². The van der Waals surface area contributed by atoms with Gasteiger partial charge in [0.1, 0.15) is 24.3 Å². The fourth-order valence-corrected chi connectivity index (χ4v) is 1.84. The molecule has 0 bridgehead atoms. The van der Waals surface area contributed by atoms with Crippen molar-refractivity contribution in [2.24, 2.45) is 0 Å². The predicted octanol–water partition coefficient (Wildman–Crippen LogP) is 1.72. The molecule has 4 nitrogen and oxygen atoms in total. The van der Waals surface area contributed by atoms with E-state index in [1.165, 1.54) is 29.5 Å². The van der Waals surface area contributed by atoms with Gasteiger partial charge in [0.25, 0.3) is 0 Å². The number of hydrogen-bond acceptors (Lipinski definition) is 3. The lowest BCUT2D eigenvalue weighted by atomic mass is 9.93. The van der Waals surface area contributed by atoms with Gasteiger partial charge in [0.05, 0.1) is 12.6 Å². The highest BCUT2D eigenvalue weighted by atomic mass is 19.1. The minimum absolute atomic E-state index is 0.266. The van der Waals surface area contributed by atoms with E-state index in [1.807, 2.05) is 0 Å². The maximum absolute atomic E-state index is 13.7. The van der Waals surface area contributed by atoms with E-state index in [0.29, 0.717) is 0 Å². The van der Waals surface area contributed by atoms with Crippen LogP contribution in [0.15, 0.2) is 30.9 Å². The number of hydrogen-bond donors (Lipinski definition) is 1. The second-order valence-electron chi connectivity index (χ2n) is 4.13. The molecule has 0 amide bonds. The lowest BCUT2D eigenvalue weighted by Gasteiger charge is -2.20. The Bertz CT molecular complexity index is 514. The summed E-state index contributed by atoms with van der Waals surface area (Å²) in [5.41, 5.74) is 0.266. The van der Waals surface area contributed by atoms with E-state index in [9.17, 15) is 13.9 Å². The van der Waals surface area contributed by atoms with Crippen molar-refractivity contribution in [2.75, 3.05) is 0 Å². The van der Waals surface area contributed by atoms with Gasteiger partial charge in [-0.3, -0.25) is 4.68 Å². The number of nitrogens with zero attached hydrogens (tertiary/aromatic N) is 3. The first-order valence-electron chi connectivity index (χ1n) is 5.53. The van der Waals surface area contributed by atoms with Gasteiger partial charge >= 0.3 is 0 Å². The molecule has 0 saturated heterocycles. The van der Waals surface area contributed by atoms with Gasteiger partial charge in [-0.25, -0.2) is 13.8 Å². The van der Waals surface area contributed by atoms with Crippen molar-refractivity contribution >= 4 is 0 Å². The van der Waals surface area contributed by atoms with Crippen LogP contribution in [0.4, 0.5) is 8.78 Å². The zero-order valence-corrected chi connectivity index (χ0v) is 9.79. The Morgan fingerprint density at radius 2 is 2.17 bits per heavy atom. The Labute approximate surface area is 103 Å². The summed E-state index contributed by atoms with van der Waals surface area (Å²) in [6.45, 7) is 1.84. The van der Waals surface area contributed by atoms with Gasteiger partial charge in [-0.2, -0.15) is 5.10 Å². The molecule has 0 aliphatic heterocycles. The van der Waals surface area contributed by atoms with Crippen LogP contribution in [0.3, 0.4) is 0 Å². The highest BCUT2D eigenvalue weighted by molar-refractivity contribution is 5.23. The highest BCUT2D eigenvalue weighted by Crippen LogP contribution is 2.25. The summed E-state index contributed by atoms with van der Waals surface area (Å²) in [5.74, 6) is -1.81. The summed E-state index contributed by atoms with van der Waals surface area (Å²) in [7, 11) is 0. The molecule has 2 rings (SSSR count). The molecule has 1 aromatic carbocycles. The molecular weight excluding hydrogens is 240 g/mol. The molecule has 1 heterocycles. The molecule has 0 spiro atoms. The smallest absolute Gasteiger partial charge is 0.137 e. The molecule has 0 aliphatic carbocycles. The van der Waals surface area contributed by atoms with Crippen molar-refractivity contribution in [1.29, 1.82) is 0 Å². The Kier molecular flexibility index (Phi) is 3.66. The molecule has 18 heavy (non-hydrogen) atoms. The first kappa shape index (κ1) is 12.6. The zero-order chi connectivity index (χ0) is 13.1. The van der Waals surface area contributed by atoms with Crippen molar-refractivity contribution in [3.05, 3.63) is 48.1 Å². The maximum Gasteiger partial charge on any atom is 0.137 e. The van der Waals surface area contributed by atoms with Crippen LogP contribution in [0.25, 0.3) is 0 Å². The van der Waals surface area contributed by atoms with Crippen LogP contribution in [0.5, 0.6) is 0 Å². The van der Waals surface area contributed by atoms with Crippen LogP contribution in [-0.4, -0.2) is 26.0 Å².